The number of hydrogen-bond acceptors (Lipinski definition) is 4. The van der Waals surface area contributed by atoms with Gasteiger partial charge in [-0.2, -0.15) is 5.10 Å². The molecule has 4 aromatic rings. The number of hydrazone groups is 1. The second-order valence-electron chi connectivity index (χ2n) is 5.88. The highest BCUT2D eigenvalue weighted by Crippen LogP contribution is 2.25. The maximum Gasteiger partial charge on any atom is 0.272 e. The molecular formula is C21H13Cl2N3O2. The third-order valence-corrected chi connectivity index (χ3v) is 4.75. The first-order chi connectivity index (χ1) is 13.6. The van der Waals surface area contributed by atoms with E-state index < -0.39 is 0 Å². The Morgan fingerprint density at radius 3 is 2.57 bits per heavy atom. The Morgan fingerprint density at radius 2 is 1.82 bits per heavy atom. The van der Waals surface area contributed by atoms with Gasteiger partial charge in [-0.15, -0.1) is 0 Å². The summed E-state index contributed by atoms with van der Waals surface area (Å²) in [6.07, 6.45) is 2.98. The first-order valence-corrected chi connectivity index (χ1v) is 9.10. The summed E-state index contributed by atoms with van der Waals surface area (Å²) >= 11 is 12.2. The number of carbonyl (C=O) groups is 1. The number of pyridine rings is 1. The lowest BCUT2D eigenvalue weighted by molar-refractivity contribution is 0.0956. The molecule has 2 aromatic heterocycles. The number of aromatic nitrogens is 1. The van der Waals surface area contributed by atoms with E-state index >= 15 is 0 Å². The van der Waals surface area contributed by atoms with Crippen LogP contribution >= 0.6 is 23.2 Å². The third kappa shape index (κ3) is 3.63. The number of carbonyl (C=O) groups excluding carboxylic acids is 1. The largest absolute Gasteiger partial charge is 0.463 e. The summed E-state index contributed by atoms with van der Waals surface area (Å²) in [7, 11) is 0. The van der Waals surface area contributed by atoms with Crippen LogP contribution in [0.5, 0.6) is 0 Å². The van der Waals surface area contributed by atoms with Crippen molar-refractivity contribution < 1.29 is 9.21 Å². The van der Waals surface area contributed by atoms with Gasteiger partial charge in [0.05, 0.1) is 33.6 Å². The van der Waals surface area contributed by atoms with Crippen LogP contribution < -0.4 is 5.43 Å². The average Bonchev–Trinajstić information content (AvgIpc) is 3.24. The monoisotopic (exact) mass is 409 g/mol. The van der Waals surface area contributed by atoms with Crippen LogP contribution in [0.2, 0.25) is 10.0 Å². The van der Waals surface area contributed by atoms with Crippen molar-refractivity contribution in [2.45, 2.75) is 0 Å². The normalized spacial score (nSPS) is 11.2. The average molecular weight is 410 g/mol. The summed E-state index contributed by atoms with van der Waals surface area (Å²) in [6, 6.07) is 17.7. The molecule has 7 heteroatoms. The van der Waals surface area contributed by atoms with Crippen molar-refractivity contribution in [2.75, 3.05) is 0 Å². The standard InChI is InChI=1S/C21H13Cl2N3O2/c22-16-6-3-7-17(23)15(16)12-24-26-21(27)14-11-19(20-9-4-10-28-20)25-18-8-2-1-5-13(14)18/h1-12H,(H,26,27)/b24-12-. The number of halogens is 2. The zero-order valence-corrected chi connectivity index (χ0v) is 15.9. The Labute approximate surface area is 170 Å². The van der Waals surface area contributed by atoms with Crippen LogP contribution in [0.25, 0.3) is 22.4 Å². The summed E-state index contributed by atoms with van der Waals surface area (Å²) < 4.78 is 5.42. The minimum Gasteiger partial charge on any atom is -0.463 e. The molecule has 0 fully saturated rings. The second-order valence-corrected chi connectivity index (χ2v) is 6.70. The van der Waals surface area contributed by atoms with Crippen molar-refractivity contribution in [2.24, 2.45) is 5.10 Å². The summed E-state index contributed by atoms with van der Waals surface area (Å²) in [5.41, 5.74) is 4.72. The Kier molecular flexibility index (Phi) is 5.10. The van der Waals surface area contributed by atoms with Crippen molar-refractivity contribution in [1.29, 1.82) is 0 Å². The molecule has 0 saturated heterocycles. The Balaban J connectivity index is 1.68. The summed E-state index contributed by atoms with van der Waals surface area (Å²) in [5.74, 6) is 0.192. The van der Waals surface area contributed by atoms with Crippen LogP contribution in [0.4, 0.5) is 0 Å². The molecule has 0 aliphatic carbocycles. The zero-order chi connectivity index (χ0) is 19.5. The lowest BCUT2D eigenvalue weighted by atomic mass is 10.1. The van der Waals surface area contributed by atoms with Gasteiger partial charge in [0.2, 0.25) is 0 Å². The molecule has 0 aliphatic heterocycles. The van der Waals surface area contributed by atoms with Gasteiger partial charge in [0.1, 0.15) is 5.69 Å². The predicted octanol–water partition coefficient (Wildman–Crippen LogP) is 5.57. The quantitative estimate of drug-likeness (QED) is 0.354. The molecule has 0 atom stereocenters. The lowest BCUT2D eigenvalue weighted by Crippen LogP contribution is -2.18. The van der Waals surface area contributed by atoms with Crippen LogP contribution in [0.15, 0.2) is 76.4 Å². The number of rotatable bonds is 4. The summed E-state index contributed by atoms with van der Waals surface area (Å²) in [4.78, 5) is 17.4. The van der Waals surface area contributed by atoms with Crippen molar-refractivity contribution >= 4 is 46.2 Å². The Morgan fingerprint density at radius 1 is 1.04 bits per heavy atom. The van der Waals surface area contributed by atoms with E-state index in [1.165, 1.54) is 6.21 Å². The number of benzene rings is 2. The molecule has 2 aromatic carbocycles. The van der Waals surface area contributed by atoms with Gasteiger partial charge >= 0.3 is 0 Å². The predicted molar refractivity (Wildman–Crippen MR) is 111 cm³/mol. The van der Waals surface area contributed by atoms with E-state index in [-0.39, 0.29) is 5.91 Å². The van der Waals surface area contributed by atoms with Crippen molar-refractivity contribution in [3.8, 4) is 11.5 Å². The second kappa shape index (κ2) is 7.84. The molecule has 2 heterocycles. The van der Waals surface area contributed by atoms with Gasteiger partial charge < -0.3 is 4.42 Å². The SMILES string of the molecule is O=C(N/N=C\c1c(Cl)cccc1Cl)c1cc(-c2ccco2)nc2ccccc12. The first kappa shape index (κ1) is 18.2. The molecule has 5 nitrogen and oxygen atoms in total. The maximum atomic E-state index is 12.8. The molecule has 1 N–H and O–H groups in total. The lowest BCUT2D eigenvalue weighted by Gasteiger charge is -2.07. The minimum atomic E-state index is -0.383. The van der Waals surface area contributed by atoms with E-state index in [2.05, 4.69) is 15.5 Å². The van der Waals surface area contributed by atoms with Gasteiger partial charge in [-0.25, -0.2) is 10.4 Å². The van der Waals surface area contributed by atoms with Crippen molar-refractivity contribution in [1.82, 2.24) is 10.4 Å². The number of para-hydroxylation sites is 1. The van der Waals surface area contributed by atoms with E-state index in [1.54, 1.807) is 42.7 Å². The molecule has 0 unspecified atom stereocenters. The summed E-state index contributed by atoms with van der Waals surface area (Å²) in [5, 5.41) is 5.60. The number of nitrogens with one attached hydrogen (secondary N) is 1. The highest BCUT2D eigenvalue weighted by molar-refractivity contribution is 6.38. The summed E-state index contributed by atoms with van der Waals surface area (Å²) in [6.45, 7) is 0. The molecule has 0 spiro atoms. The fourth-order valence-corrected chi connectivity index (χ4v) is 3.26. The van der Waals surface area contributed by atoms with E-state index in [9.17, 15) is 4.79 Å². The number of furan rings is 1. The topological polar surface area (TPSA) is 67.5 Å². The van der Waals surface area contributed by atoms with Crippen LogP contribution in [0, 0.1) is 0 Å². The molecule has 0 radical (unpaired) electrons. The Hall–Kier alpha value is -3.15. The molecule has 0 bridgehead atoms. The number of fused-ring (bicyclic) bond motifs is 1. The van der Waals surface area contributed by atoms with Crippen LogP contribution in [-0.4, -0.2) is 17.1 Å². The maximum absolute atomic E-state index is 12.8. The van der Waals surface area contributed by atoms with Crippen LogP contribution in [-0.2, 0) is 0 Å². The van der Waals surface area contributed by atoms with Gasteiger partial charge in [0.15, 0.2) is 5.76 Å². The molecule has 138 valence electrons. The van der Waals surface area contributed by atoms with E-state index in [0.717, 1.165) is 0 Å². The minimum absolute atomic E-state index is 0.383. The highest BCUT2D eigenvalue weighted by atomic mass is 35.5. The van der Waals surface area contributed by atoms with Crippen molar-refractivity contribution in [3.05, 3.63) is 88.1 Å². The zero-order valence-electron chi connectivity index (χ0n) is 14.4. The molecular weight excluding hydrogens is 397 g/mol. The molecule has 0 saturated carbocycles. The number of nitrogens with zero attached hydrogens (tertiary/aromatic N) is 2. The molecule has 4 rings (SSSR count). The van der Waals surface area contributed by atoms with E-state index in [4.69, 9.17) is 27.6 Å². The highest BCUT2D eigenvalue weighted by Gasteiger charge is 2.14. The third-order valence-electron chi connectivity index (χ3n) is 4.09. The van der Waals surface area contributed by atoms with Gasteiger partial charge in [0, 0.05) is 10.9 Å². The van der Waals surface area contributed by atoms with E-state index in [0.29, 0.717) is 43.5 Å². The van der Waals surface area contributed by atoms with Gasteiger partial charge in [-0.3, -0.25) is 4.79 Å². The van der Waals surface area contributed by atoms with Crippen LogP contribution in [0.3, 0.4) is 0 Å². The molecule has 0 aliphatic rings. The Bertz CT molecular complexity index is 1170. The van der Waals surface area contributed by atoms with Gasteiger partial charge in [0.25, 0.3) is 5.91 Å². The molecule has 28 heavy (non-hydrogen) atoms. The van der Waals surface area contributed by atoms with Crippen molar-refractivity contribution in [3.63, 3.8) is 0 Å². The van der Waals surface area contributed by atoms with Crippen LogP contribution in [0.1, 0.15) is 15.9 Å². The number of hydrogen-bond donors (Lipinski definition) is 1. The smallest absolute Gasteiger partial charge is 0.272 e. The first-order valence-electron chi connectivity index (χ1n) is 8.34. The molecule has 1 amide bonds. The fraction of sp³-hybridized carbons (Fsp3) is 0. The van der Waals surface area contributed by atoms with Gasteiger partial charge in [-0.1, -0.05) is 47.5 Å². The number of amides is 1. The van der Waals surface area contributed by atoms with Gasteiger partial charge in [-0.05, 0) is 36.4 Å². The fourth-order valence-electron chi connectivity index (χ4n) is 2.76. The van der Waals surface area contributed by atoms with E-state index in [1.807, 2.05) is 24.3 Å².